The van der Waals surface area contributed by atoms with Crippen molar-refractivity contribution in [1.82, 2.24) is 5.32 Å². The van der Waals surface area contributed by atoms with Crippen LogP contribution in [0.2, 0.25) is 0 Å². The zero-order valence-corrected chi connectivity index (χ0v) is 31.7. The van der Waals surface area contributed by atoms with Crippen molar-refractivity contribution in [3.8, 4) is 0 Å². The number of rotatable bonds is 34. The van der Waals surface area contributed by atoms with Crippen molar-refractivity contribution in [2.24, 2.45) is 0 Å². The number of aliphatic hydroxyl groups is 1. The number of hydrogen-bond donors (Lipinski definition) is 2. The van der Waals surface area contributed by atoms with Gasteiger partial charge in [-0.05, 0) is 12.8 Å². The Labute approximate surface area is 284 Å². The summed E-state index contributed by atoms with van der Waals surface area (Å²) in [5.41, 5.74) is 0. The molecule has 0 rings (SSSR count). The van der Waals surface area contributed by atoms with Crippen LogP contribution < -0.4 is 10.2 Å². The van der Waals surface area contributed by atoms with Crippen molar-refractivity contribution in [2.75, 3.05) is 40.9 Å². The van der Waals surface area contributed by atoms with Crippen LogP contribution in [-0.4, -0.2) is 68.5 Å². The third kappa shape index (κ3) is 31.8. The van der Waals surface area contributed by atoms with Crippen molar-refractivity contribution in [2.45, 2.75) is 180 Å². The number of allylic oxidation sites excluding steroid dienone is 1. The van der Waals surface area contributed by atoms with Crippen LogP contribution in [-0.2, 0) is 18.4 Å². The van der Waals surface area contributed by atoms with Gasteiger partial charge in [-0.1, -0.05) is 161 Å². The number of likely N-dealkylation sites (N-methyl/N-ethyl adjacent to an activating group) is 1. The summed E-state index contributed by atoms with van der Waals surface area (Å²) in [5.74, 6) is -0.285. The van der Waals surface area contributed by atoms with E-state index in [0.29, 0.717) is 11.0 Å². The average Bonchev–Trinajstić information content (AvgIpc) is 3.00. The number of phosphoric ester groups is 1. The van der Waals surface area contributed by atoms with Crippen LogP contribution in [0.25, 0.3) is 0 Å². The van der Waals surface area contributed by atoms with E-state index in [1.165, 1.54) is 128 Å². The Balaban J connectivity index is 3.81. The predicted octanol–water partition coefficient (Wildman–Crippen LogP) is 9.00. The molecule has 0 aliphatic heterocycles. The molecule has 3 atom stereocenters. The Hall–Kier alpha value is -0.760. The summed E-state index contributed by atoms with van der Waals surface area (Å²) < 4.78 is 22.6. The first-order valence-corrected chi connectivity index (χ1v) is 20.5. The maximum atomic E-state index is 12.1. The van der Waals surface area contributed by atoms with E-state index in [9.17, 15) is 19.4 Å². The zero-order chi connectivity index (χ0) is 34.4. The topological polar surface area (TPSA) is 108 Å². The summed E-state index contributed by atoms with van der Waals surface area (Å²) in [4.78, 5) is 24.1. The van der Waals surface area contributed by atoms with E-state index in [4.69, 9.17) is 9.05 Å². The lowest BCUT2D eigenvalue weighted by atomic mass is 10.0. The fourth-order valence-electron chi connectivity index (χ4n) is 5.41. The van der Waals surface area contributed by atoms with E-state index in [0.717, 1.165) is 19.3 Å². The molecule has 0 heterocycles. The largest absolute Gasteiger partial charge is 0.756 e. The van der Waals surface area contributed by atoms with Gasteiger partial charge in [-0.15, -0.1) is 0 Å². The first-order valence-electron chi connectivity index (χ1n) is 19.1. The molecule has 0 aliphatic rings. The lowest BCUT2D eigenvalue weighted by molar-refractivity contribution is -0.870. The minimum absolute atomic E-state index is 0.00173. The number of aliphatic hydroxyl groups excluding tert-OH is 1. The molecule has 46 heavy (non-hydrogen) atoms. The third-order valence-electron chi connectivity index (χ3n) is 8.56. The quantitative estimate of drug-likeness (QED) is 0.0305. The number of hydrogen-bond acceptors (Lipinski definition) is 6. The number of nitrogens with one attached hydrogen (secondary N) is 1. The van der Waals surface area contributed by atoms with Gasteiger partial charge in [0, 0.05) is 6.42 Å². The zero-order valence-electron chi connectivity index (χ0n) is 30.8. The minimum Gasteiger partial charge on any atom is -0.756 e. The molecule has 0 bridgehead atoms. The van der Waals surface area contributed by atoms with Crippen molar-refractivity contribution in [3.63, 3.8) is 0 Å². The molecule has 0 saturated heterocycles. The predicted molar refractivity (Wildman–Crippen MR) is 192 cm³/mol. The van der Waals surface area contributed by atoms with Gasteiger partial charge >= 0.3 is 0 Å². The first-order chi connectivity index (χ1) is 22.0. The summed E-state index contributed by atoms with van der Waals surface area (Å²) in [6.07, 6.45) is 33.5. The van der Waals surface area contributed by atoms with Crippen LogP contribution in [0.3, 0.4) is 0 Å². The molecule has 8 nitrogen and oxygen atoms in total. The second-order valence-corrected chi connectivity index (χ2v) is 15.7. The third-order valence-corrected chi connectivity index (χ3v) is 9.53. The molecule has 0 spiro atoms. The molecule has 1 amide bonds. The van der Waals surface area contributed by atoms with Crippen molar-refractivity contribution >= 4 is 13.7 Å². The normalized spacial score (nSPS) is 14.8. The highest BCUT2D eigenvalue weighted by atomic mass is 31.2. The minimum atomic E-state index is -4.54. The van der Waals surface area contributed by atoms with E-state index in [1.54, 1.807) is 13.0 Å². The molecule has 0 aromatic rings. The van der Waals surface area contributed by atoms with Crippen LogP contribution in [0.1, 0.15) is 168 Å². The average molecular weight is 675 g/mol. The first kappa shape index (κ1) is 45.2. The van der Waals surface area contributed by atoms with Crippen molar-refractivity contribution in [1.29, 1.82) is 0 Å². The second kappa shape index (κ2) is 30.3. The molecule has 0 aromatic heterocycles. The second-order valence-electron chi connectivity index (χ2n) is 14.2. The van der Waals surface area contributed by atoms with Crippen LogP contribution >= 0.6 is 7.82 Å². The Morgan fingerprint density at radius 3 is 1.54 bits per heavy atom. The number of nitrogens with zero attached hydrogens (tertiary/aromatic N) is 1. The lowest BCUT2D eigenvalue weighted by Crippen LogP contribution is -2.45. The fourth-order valence-corrected chi connectivity index (χ4v) is 6.13. The van der Waals surface area contributed by atoms with Gasteiger partial charge in [0.05, 0.1) is 39.9 Å². The molecule has 0 saturated carbocycles. The Morgan fingerprint density at radius 1 is 0.739 bits per heavy atom. The molecular weight excluding hydrogens is 599 g/mol. The fraction of sp³-hybridized carbons (Fsp3) is 0.919. The molecule has 3 unspecified atom stereocenters. The standard InChI is InChI=1S/C37H75N2O6P/c1-6-8-9-10-11-12-13-14-15-16-17-18-19-20-21-22-23-24-25-26-27-28-29-30-31-36(40)35(38-37(41)7-2)34-45-46(42,43)44-33-32-39(3,4)5/h30-31,35-36,40H,6-29,32-34H2,1-5H3,(H-,38,41,42,43)/b31-30+. The molecule has 2 N–H and O–H groups in total. The number of carbonyl (C=O) groups is 1. The van der Waals surface area contributed by atoms with Crippen LogP contribution in [0.15, 0.2) is 12.2 Å². The highest BCUT2D eigenvalue weighted by molar-refractivity contribution is 7.45. The monoisotopic (exact) mass is 675 g/mol. The van der Waals surface area contributed by atoms with Gasteiger partial charge in [-0.3, -0.25) is 9.36 Å². The SMILES string of the molecule is CCCCCCCCCCCCCCCCCCCCCCCC/C=C/C(O)C(COP(=O)([O-])OCC[N+](C)(C)C)NC(=O)CC. The van der Waals surface area contributed by atoms with E-state index in [2.05, 4.69) is 12.2 Å². The maximum absolute atomic E-state index is 12.1. The highest BCUT2D eigenvalue weighted by Gasteiger charge is 2.22. The summed E-state index contributed by atoms with van der Waals surface area (Å²) in [7, 11) is 1.26. The maximum Gasteiger partial charge on any atom is 0.268 e. The van der Waals surface area contributed by atoms with Gasteiger partial charge in [0.25, 0.3) is 7.82 Å². The molecule has 0 aliphatic carbocycles. The summed E-state index contributed by atoms with van der Waals surface area (Å²) in [6.45, 7) is 4.09. The Morgan fingerprint density at radius 2 is 1.15 bits per heavy atom. The van der Waals surface area contributed by atoms with Gasteiger partial charge in [0.2, 0.25) is 5.91 Å². The molecule has 0 radical (unpaired) electrons. The van der Waals surface area contributed by atoms with Gasteiger partial charge in [-0.25, -0.2) is 0 Å². The van der Waals surface area contributed by atoms with E-state index < -0.39 is 20.0 Å². The van der Waals surface area contributed by atoms with Gasteiger partial charge < -0.3 is 28.8 Å². The van der Waals surface area contributed by atoms with Gasteiger partial charge in [0.1, 0.15) is 13.2 Å². The lowest BCUT2D eigenvalue weighted by Gasteiger charge is -2.29. The summed E-state index contributed by atoms with van der Waals surface area (Å²) in [6, 6.07) is -0.877. The molecule has 0 aromatic carbocycles. The van der Waals surface area contributed by atoms with E-state index in [-0.39, 0.29) is 25.5 Å². The summed E-state index contributed by atoms with van der Waals surface area (Å²) >= 11 is 0. The van der Waals surface area contributed by atoms with Crippen molar-refractivity contribution < 1.29 is 32.9 Å². The molecule has 274 valence electrons. The number of unbranched alkanes of at least 4 members (excludes halogenated alkanes) is 22. The smallest absolute Gasteiger partial charge is 0.268 e. The van der Waals surface area contributed by atoms with Crippen LogP contribution in [0, 0.1) is 0 Å². The van der Waals surface area contributed by atoms with Gasteiger partial charge in [0.15, 0.2) is 0 Å². The number of quaternary nitrogens is 1. The van der Waals surface area contributed by atoms with Gasteiger partial charge in [-0.2, -0.15) is 0 Å². The van der Waals surface area contributed by atoms with E-state index in [1.807, 2.05) is 27.2 Å². The van der Waals surface area contributed by atoms with Crippen LogP contribution in [0.4, 0.5) is 0 Å². The molecule has 9 heteroatoms. The van der Waals surface area contributed by atoms with Crippen LogP contribution in [0.5, 0.6) is 0 Å². The highest BCUT2D eigenvalue weighted by Crippen LogP contribution is 2.38. The van der Waals surface area contributed by atoms with Crippen molar-refractivity contribution in [3.05, 3.63) is 12.2 Å². The summed E-state index contributed by atoms with van der Waals surface area (Å²) in [5, 5.41) is 13.2. The Bertz CT molecular complexity index is 773. The molecular formula is C37H75N2O6P. The number of phosphoric acid groups is 1. The number of amides is 1. The molecule has 0 fully saturated rings. The Kier molecular flexibility index (Phi) is 29.8. The number of carbonyl (C=O) groups excluding carboxylic acids is 1. The van der Waals surface area contributed by atoms with E-state index >= 15 is 0 Å².